The number of halogens is 3. The average Bonchev–Trinajstić information content (AvgIpc) is 2.44. The van der Waals surface area contributed by atoms with Crippen molar-refractivity contribution >= 4 is 0 Å². The maximum atomic E-state index is 12.4. The Kier molecular flexibility index (Phi) is 4.53. The summed E-state index contributed by atoms with van der Waals surface area (Å²) in [6, 6.07) is 11.7. The van der Waals surface area contributed by atoms with E-state index in [1.807, 2.05) is 25.1 Å². The van der Waals surface area contributed by atoms with E-state index in [4.69, 9.17) is 4.74 Å². The van der Waals surface area contributed by atoms with Crippen LogP contribution in [0, 0.1) is 6.92 Å². The Balaban J connectivity index is 1.99. The third-order valence-corrected chi connectivity index (χ3v) is 3.02. The van der Waals surface area contributed by atoms with E-state index < -0.39 is 17.8 Å². The molecule has 0 saturated heterocycles. The molecule has 0 saturated carbocycles. The first-order valence-electron chi connectivity index (χ1n) is 6.41. The third kappa shape index (κ3) is 4.23. The number of rotatable bonds is 4. The lowest BCUT2D eigenvalue weighted by molar-refractivity contribution is -0.137. The van der Waals surface area contributed by atoms with Crippen LogP contribution in [0.3, 0.4) is 0 Å². The first kappa shape index (κ1) is 15.4. The molecule has 0 radical (unpaired) electrons. The van der Waals surface area contributed by atoms with Crippen molar-refractivity contribution in [2.24, 2.45) is 0 Å². The third-order valence-electron chi connectivity index (χ3n) is 3.02. The lowest BCUT2D eigenvalue weighted by Crippen LogP contribution is -2.11. The molecule has 1 unspecified atom stereocenters. The van der Waals surface area contributed by atoms with Crippen LogP contribution in [0.4, 0.5) is 13.2 Å². The summed E-state index contributed by atoms with van der Waals surface area (Å²) in [4.78, 5) is 0. The van der Waals surface area contributed by atoms with Crippen LogP contribution in [0.2, 0.25) is 0 Å². The molecule has 112 valence electrons. The van der Waals surface area contributed by atoms with Crippen molar-refractivity contribution in [3.8, 4) is 5.75 Å². The van der Waals surface area contributed by atoms with Crippen molar-refractivity contribution in [2.75, 3.05) is 6.61 Å². The van der Waals surface area contributed by atoms with Gasteiger partial charge in [0.15, 0.2) is 0 Å². The second-order valence-electron chi connectivity index (χ2n) is 4.76. The Bertz CT molecular complexity index is 591. The second kappa shape index (κ2) is 6.18. The van der Waals surface area contributed by atoms with Crippen LogP contribution >= 0.6 is 0 Å². The highest BCUT2D eigenvalue weighted by molar-refractivity contribution is 5.28. The predicted octanol–water partition coefficient (Wildman–Crippen LogP) is 4.13. The molecule has 2 aromatic carbocycles. The number of alkyl halides is 3. The van der Waals surface area contributed by atoms with Crippen molar-refractivity contribution in [2.45, 2.75) is 19.2 Å². The minimum absolute atomic E-state index is 0.0190. The van der Waals surface area contributed by atoms with E-state index in [0.29, 0.717) is 11.3 Å². The average molecular weight is 296 g/mol. The summed E-state index contributed by atoms with van der Waals surface area (Å²) in [5, 5.41) is 9.94. The van der Waals surface area contributed by atoms with Crippen LogP contribution in [0.5, 0.6) is 5.75 Å². The molecule has 0 aromatic heterocycles. The minimum atomic E-state index is -4.37. The molecule has 0 aliphatic heterocycles. The number of hydrogen-bond donors (Lipinski definition) is 1. The molecule has 0 heterocycles. The highest BCUT2D eigenvalue weighted by atomic mass is 19.4. The fraction of sp³-hybridized carbons (Fsp3) is 0.250. The van der Waals surface area contributed by atoms with Gasteiger partial charge in [-0.3, -0.25) is 0 Å². The zero-order chi connectivity index (χ0) is 15.5. The molecular weight excluding hydrogens is 281 g/mol. The number of benzene rings is 2. The van der Waals surface area contributed by atoms with Gasteiger partial charge < -0.3 is 9.84 Å². The summed E-state index contributed by atoms with van der Waals surface area (Å²) in [5.41, 5.74) is 0.672. The van der Waals surface area contributed by atoms with Gasteiger partial charge in [-0.15, -0.1) is 0 Å². The number of aliphatic hydroxyl groups excluding tert-OH is 1. The molecule has 0 spiro atoms. The minimum Gasteiger partial charge on any atom is -0.491 e. The summed E-state index contributed by atoms with van der Waals surface area (Å²) in [7, 11) is 0. The molecule has 2 rings (SSSR count). The zero-order valence-corrected chi connectivity index (χ0v) is 11.4. The molecular formula is C16H15F3O2. The first-order valence-corrected chi connectivity index (χ1v) is 6.41. The lowest BCUT2D eigenvalue weighted by Gasteiger charge is -2.14. The van der Waals surface area contributed by atoms with Crippen LogP contribution in [0.25, 0.3) is 0 Å². The summed E-state index contributed by atoms with van der Waals surface area (Å²) in [5.74, 6) is 0.612. The van der Waals surface area contributed by atoms with Crippen molar-refractivity contribution < 1.29 is 23.0 Å². The van der Waals surface area contributed by atoms with Crippen molar-refractivity contribution in [3.63, 3.8) is 0 Å². The van der Waals surface area contributed by atoms with Gasteiger partial charge in [0.25, 0.3) is 0 Å². The molecule has 0 aliphatic rings. The van der Waals surface area contributed by atoms with E-state index in [-0.39, 0.29) is 6.61 Å². The molecule has 1 N–H and O–H groups in total. The molecule has 21 heavy (non-hydrogen) atoms. The molecule has 2 nitrogen and oxygen atoms in total. The van der Waals surface area contributed by atoms with Gasteiger partial charge in [0.2, 0.25) is 0 Å². The maximum absolute atomic E-state index is 12.4. The first-order chi connectivity index (χ1) is 9.86. The molecule has 0 bridgehead atoms. The number of ether oxygens (including phenoxy) is 1. The van der Waals surface area contributed by atoms with Gasteiger partial charge >= 0.3 is 6.18 Å². The van der Waals surface area contributed by atoms with Gasteiger partial charge in [-0.2, -0.15) is 13.2 Å². The summed E-state index contributed by atoms with van der Waals surface area (Å²) in [6.07, 6.45) is -5.35. The quantitative estimate of drug-likeness (QED) is 0.919. The highest BCUT2D eigenvalue weighted by Gasteiger charge is 2.30. The van der Waals surface area contributed by atoms with E-state index in [1.54, 1.807) is 6.07 Å². The Labute approximate surface area is 120 Å². The van der Waals surface area contributed by atoms with E-state index in [2.05, 4.69) is 0 Å². The van der Waals surface area contributed by atoms with Crippen LogP contribution in [0.15, 0.2) is 48.5 Å². The lowest BCUT2D eigenvalue weighted by atomic mass is 10.1. The SMILES string of the molecule is Cc1cccc(OCC(O)c2ccc(C(F)(F)F)cc2)c1. The Morgan fingerprint density at radius 3 is 2.33 bits per heavy atom. The van der Waals surface area contributed by atoms with Gasteiger partial charge in [-0.1, -0.05) is 24.3 Å². The van der Waals surface area contributed by atoms with Crippen molar-refractivity contribution in [1.29, 1.82) is 0 Å². The fourth-order valence-electron chi connectivity index (χ4n) is 1.87. The van der Waals surface area contributed by atoms with E-state index in [9.17, 15) is 18.3 Å². The molecule has 1 atom stereocenters. The second-order valence-corrected chi connectivity index (χ2v) is 4.76. The van der Waals surface area contributed by atoms with Gasteiger partial charge in [0, 0.05) is 0 Å². The van der Waals surface area contributed by atoms with Crippen molar-refractivity contribution in [3.05, 3.63) is 65.2 Å². The van der Waals surface area contributed by atoms with Crippen LogP contribution < -0.4 is 4.74 Å². The standard InChI is InChI=1S/C16H15F3O2/c1-11-3-2-4-14(9-11)21-10-15(20)12-5-7-13(8-6-12)16(17,18)19/h2-9,15,20H,10H2,1H3. The number of hydrogen-bond acceptors (Lipinski definition) is 2. The van der Waals surface area contributed by atoms with E-state index in [1.165, 1.54) is 12.1 Å². The molecule has 5 heteroatoms. The largest absolute Gasteiger partial charge is 0.491 e. The van der Waals surface area contributed by atoms with E-state index in [0.717, 1.165) is 17.7 Å². The van der Waals surface area contributed by atoms with Gasteiger partial charge in [-0.25, -0.2) is 0 Å². The van der Waals surface area contributed by atoms with Crippen molar-refractivity contribution in [1.82, 2.24) is 0 Å². The number of aliphatic hydroxyl groups is 1. The molecule has 0 amide bonds. The van der Waals surface area contributed by atoms with Crippen LogP contribution in [-0.2, 0) is 6.18 Å². The topological polar surface area (TPSA) is 29.5 Å². The van der Waals surface area contributed by atoms with Gasteiger partial charge in [0.05, 0.1) is 5.56 Å². The Hall–Kier alpha value is -2.01. The zero-order valence-electron chi connectivity index (χ0n) is 11.4. The summed E-state index contributed by atoms with van der Waals surface area (Å²) >= 11 is 0. The Morgan fingerprint density at radius 1 is 1.10 bits per heavy atom. The molecule has 2 aromatic rings. The van der Waals surface area contributed by atoms with Crippen LogP contribution in [-0.4, -0.2) is 11.7 Å². The maximum Gasteiger partial charge on any atom is 0.416 e. The van der Waals surface area contributed by atoms with Gasteiger partial charge in [-0.05, 0) is 42.3 Å². The van der Waals surface area contributed by atoms with Gasteiger partial charge in [0.1, 0.15) is 18.5 Å². The highest BCUT2D eigenvalue weighted by Crippen LogP contribution is 2.30. The molecule has 0 fully saturated rings. The van der Waals surface area contributed by atoms with Crippen LogP contribution in [0.1, 0.15) is 22.8 Å². The normalized spacial score (nSPS) is 13.0. The summed E-state index contributed by atoms with van der Waals surface area (Å²) < 4.78 is 42.8. The smallest absolute Gasteiger partial charge is 0.416 e. The van der Waals surface area contributed by atoms with E-state index >= 15 is 0 Å². The molecule has 0 aliphatic carbocycles. The Morgan fingerprint density at radius 2 is 1.76 bits per heavy atom. The predicted molar refractivity (Wildman–Crippen MR) is 73.1 cm³/mol. The number of aryl methyl sites for hydroxylation is 1. The summed E-state index contributed by atoms with van der Waals surface area (Å²) in [6.45, 7) is 1.90. The fourth-order valence-corrected chi connectivity index (χ4v) is 1.87. The monoisotopic (exact) mass is 296 g/mol.